The lowest BCUT2D eigenvalue weighted by molar-refractivity contribution is 0.302. The largest absolute Gasteiger partial charge is 0.489 e. The van der Waals surface area contributed by atoms with E-state index in [1.807, 2.05) is 12.1 Å². The normalized spacial score (nSPS) is 11.0. The quantitative estimate of drug-likeness (QED) is 0.535. The predicted molar refractivity (Wildman–Crippen MR) is 95.4 cm³/mol. The van der Waals surface area contributed by atoms with Crippen LogP contribution in [0.5, 0.6) is 5.75 Å². The molecule has 0 aliphatic rings. The van der Waals surface area contributed by atoms with Crippen molar-refractivity contribution in [2.75, 3.05) is 0 Å². The van der Waals surface area contributed by atoms with E-state index in [0.29, 0.717) is 11.6 Å². The van der Waals surface area contributed by atoms with Gasteiger partial charge in [-0.25, -0.2) is 0 Å². The molecule has 4 heteroatoms. The van der Waals surface area contributed by atoms with Crippen LogP contribution in [0, 0.1) is 0 Å². The molecule has 2 aromatic rings. The van der Waals surface area contributed by atoms with Gasteiger partial charge in [-0.3, -0.25) is 0 Å². The van der Waals surface area contributed by atoms with Gasteiger partial charge in [0.1, 0.15) is 17.2 Å². The van der Waals surface area contributed by atoms with Crippen LogP contribution in [0.15, 0.2) is 36.4 Å². The van der Waals surface area contributed by atoms with Crippen molar-refractivity contribution in [2.45, 2.75) is 38.1 Å². The van der Waals surface area contributed by atoms with Crippen molar-refractivity contribution in [2.24, 2.45) is 0 Å². The monoisotopic (exact) mass is 356 g/mol. The van der Waals surface area contributed by atoms with Crippen molar-refractivity contribution in [1.82, 2.24) is 0 Å². The average molecular weight is 358 g/mol. The van der Waals surface area contributed by atoms with Gasteiger partial charge in [0, 0.05) is 10.6 Å². The van der Waals surface area contributed by atoms with Gasteiger partial charge in [0.15, 0.2) is 0 Å². The van der Waals surface area contributed by atoms with Crippen molar-refractivity contribution >= 4 is 34.8 Å². The van der Waals surface area contributed by atoms with E-state index in [-0.39, 0.29) is 0 Å². The zero-order valence-corrected chi connectivity index (χ0v) is 15.0. The van der Waals surface area contributed by atoms with Gasteiger partial charge in [-0.05, 0) is 41.7 Å². The Morgan fingerprint density at radius 1 is 1.00 bits per heavy atom. The summed E-state index contributed by atoms with van der Waals surface area (Å²) in [5.41, 5.74) is 4.07. The molecule has 0 amide bonds. The molecule has 2 aromatic carbocycles. The summed E-state index contributed by atoms with van der Waals surface area (Å²) in [6.45, 7) is 4.64. The lowest BCUT2D eigenvalue weighted by atomic mass is 10.1. The zero-order chi connectivity index (χ0) is 16.1. The van der Waals surface area contributed by atoms with Crippen LogP contribution >= 0.6 is 34.8 Å². The standard InChI is InChI=1S/C18H19Cl3O/c1-3-12-8-9-13(4-2)16(10-12)22-11-14-6-5-7-15(19)17(14)18(20)21/h5-10,18H,3-4,11H2,1-2H3. The van der Waals surface area contributed by atoms with E-state index in [4.69, 9.17) is 39.5 Å². The molecule has 0 atom stereocenters. The predicted octanol–water partition coefficient (Wildman–Crippen LogP) is 6.52. The minimum Gasteiger partial charge on any atom is -0.489 e. The molecule has 22 heavy (non-hydrogen) atoms. The Kier molecular flexibility index (Phi) is 6.43. The van der Waals surface area contributed by atoms with Crippen molar-refractivity contribution in [3.8, 4) is 5.75 Å². The van der Waals surface area contributed by atoms with E-state index in [1.54, 1.807) is 6.07 Å². The number of hydrogen-bond donors (Lipinski definition) is 0. The van der Waals surface area contributed by atoms with Crippen LogP contribution in [0.25, 0.3) is 0 Å². The maximum Gasteiger partial charge on any atom is 0.134 e. The molecule has 0 spiro atoms. The molecule has 1 nitrogen and oxygen atoms in total. The molecular formula is C18H19Cl3O. The Morgan fingerprint density at radius 2 is 1.77 bits per heavy atom. The Balaban J connectivity index is 2.25. The van der Waals surface area contributed by atoms with Gasteiger partial charge in [-0.2, -0.15) is 0 Å². The third-order valence-corrected chi connectivity index (χ3v) is 4.43. The van der Waals surface area contributed by atoms with Crippen LogP contribution in [0.3, 0.4) is 0 Å². The number of alkyl halides is 2. The Bertz CT molecular complexity index is 638. The van der Waals surface area contributed by atoms with Gasteiger partial charge in [-0.1, -0.05) is 72.9 Å². The molecule has 0 fully saturated rings. The van der Waals surface area contributed by atoms with Gasteiger partial charge in [0.25, 0.3) is 0 Å². The van der Waals surface area contributed by atoms with Crippen LogP contribution in [-0.2, 0) is 19.4 Å². The summed E-state index contributed by atoms with van der Waals surface area (Å²) in [6, 6.07) is 12.0. The first-order chi connectivity index (χ1) is 10.6. The first kappa shape index (κ1) is 17.5. The Morgan fingerprint density at radius 3 is 2.41 bits per heavy atom. The Hall–Kier alpha value is -0.890. The molecule has 0 aliphatic carbocycles. The molecular weight excluding hydrogens is 339 g/mol. The SMILES string of the molecule is CCc1ccc(CC)c(OCc2cccc(Cl)c2C(Cl)Cl)c1. The second-order valence-electron chi connectivity index (χ2n) is 5.05. The van der Waals surface area contributed by atoms with Crippen LogP contribution in [0.4, 0.5) is 0 Å². The van der Waals surface area contributed by atoms with Crippen LogP contribution < -0.4 is 4.74 Å². The van der Waals surface area contributed by atoms with E-state index >= 15 is 0 Å². The molecule has 0 saturated heterocycles. The number of halogens is 3. The van der Waals surface area contributed by atoms with Crippen molar-refractivity contribution < 1.29 is 4.74 Å². The number of hydrogen-bond acceptors (Lipinski definition) is 1. The lowest BCUT2D eigenvalue weighted by Gasteiger charge is -2.15. The lowest BCUT2D eigenvalue weighted by Crippen LogP contribution is -2.03. The number of ether oxygens (including phenoxy) is 1. The molecule has 2 rings (SSSR count). The molecule has 0 unspecified atom stereocenters. The Labute approximate surface area is 147 Å². The van der Waals surface area contributed by atoms with E-state index in [1.165, 1.54) is 11.1 Å². The minimum absolute atomic E-state index is 0.395. The molecule has 0 aromatic heterocycles. The fraction of sp³-hybridized carbons (Fsp3) is 0.333. The van der Waals surface area contributed by atoms with Crippen LogP contribution in [0.2, 0.25) is 5.02 Å². The molecule has 0 N–H and O–H groups in total. The van der Waals surface area contributed by atoms with Gasteiger partial charge in [-0.15, -0.1) is 0 Å². The van der Waals surface area contributed by atoms with E-state index in [9.17, 15) is 0 Å². The first-order valence-corrected chi connectivity index (χ1v) is 8.61. The van der Waals surface area contributed by atoms with Crippen molar-refractivity contribution in [3.05, 3.63) is 63.7 Å². The smallest absolute Gasteiger partial charge is 0.134 e. The first-order valence-electron chi connectivity index (χ1n) is 7.36. The highest BCUT2D eigenvalue weighted by atomic mass is 35.5. The molecule has 0 saturated carbocycles. The third-order valence-electron chi connectivity index (χ3n) is 3.67. The summed E-state index contributed by atoms with van der Waals surface area (Å²) in [7, 11) is 0. The topological polar surface area (TPSA) is 9.23 Å². The maximum atomic E-state index is 6.19. The van der Waals surface area contributed by atoms with Gasteiger partial charge in [0.05, 0.1) is 0 Å². The van der Waals surface area contributed by atoms with E-state index < -0.39 is 4.84 Å². The molecule has 0 heterocycles. The van der Waals surface area contributed by atoms with Crippen molar-refractivity contribution in [3.63, 3.8) is 0 Å². The summed E-state index contributed by atoms with van der Waals surface area (Å²) in [5, 5.41) is 0.564. The summed E-state index contributed by atoms with van der Waals surface area (Å²) in [5.74, 6) is 0.911. The highest BCUT2D eigenvalue weighted by Crippen LogP contribution is 2.34. The second kappa shape index (κ2) is 8.10. The summed E-state index contributed by atoms with van der Waals surface area (Å²) in [6.07, 6.45) is 1.91. The minimum atomic E-state index is -0.667. The summed E-state index contributed by atoms with van der Waals surface area (Å²) in [4.78, 5) is -0.667. The fourth-order valence-corrected chi connectivity index (χ4v) is 3.28. The molecule has 0 bridgehead atoms. The van der Waals surface area contributed by atoms with E-state index in [0.717, 1.165) is 29.7 Å². The maximum absolute atomic E-state index is 6.19. The van der Waals surface area contributed by atoms with Gasteiger partial charge in [0.2, 0.25) is 0 Å². The molecule has 0 aliphatic heterocycles. The van der Waals surface area contributed by atoms with Crippen LogP contribution in [0.1, 0.15) is 40.9 Å². The number of aryl methyl sites for hydroxylation is 2. The van der Waals surface area contributed by atoms with Crippen molar-refractivity contribution in [1.29, 1.82) is 0 Å². The third kappa shape index (κ3) is 4.10. The average Bonchev–Trinajstić information content (AvgIpc) is 2.52. The van der Waals surface area contributed by atoms with Gasteiger partial charge < -0.3 is 4.74 Å². The second-order valence-corrected chi connectivity index (χ2v) is 6.55. The number of benzene rings is 2. The fourth-order valence-electron chi connectivity index (χ4n) is 2.35. The summed E-state index contributed by atoms with van der Waals surface area (Å²) >= 11 is 18.2. The zero-order valence-electron chi connectivity index (χ0n) is 12.7. The molecule has 0 radical (unpaired) electrons. The molecule has 118 valence electrons. The highest BCUT2D eigenvalue weighted by molar-refractivity contribution is 6.45. The summed E-state index contributed by atoms with van der Waals surface area (Å²) < 4.78 is 6.03. The number of rotatable bonds is 6. The van der Waals surface area contributed by atoms with Gasteiger partial charge >= 0.3 is 0 Å². The van der Waals surface area contributed by atoms with E-state index in [2.05, 4.69) is 32.0 Å². The highest BCUT2D eigenvalue weighted by Gasteiger charge is 2.15. The van der Waals surface area contributed by atoms with Crippen LogP contribution in [-0.4, -0.2) is 0 Å².